The van der Waals surface area contributed by atoms with E-state index in [0.29, 0.717) is 17.5 Å². The van der Waals surface area contributed by atoms with Crippen LogP contribution in [0.3, 0.4) is 0 Å². The molecule has 0 saturated carbocycles. The minimum absolute atomic E-state index is 0.111. The molecule has 3 aromatic rings. The number of aliphatic hydroxyl groups excluding tert-OH is 1. The Kier molecular flexibility index (Phi) is 7.02. The molecule has 0 bridgehead atoms. The van der Waals surface area contributed by atoms with E-state index in [9.17, 15) is 28.2 Å². The fraction of sp³-hybridized carbons (Fsp3) is 0.346. The average Bonchev–Trinajstić information content (AvgIpc) is 2.82. The SMILES string of the molecule is CC[C@H]1O[C@@H](c2ccncc2CC(=O)c2ccc(F)c(-c3c(F)cccc3F)n2)C[C@@H](O)[C@]1(C)O. The molecule has 35 heavy (non-hydrogen) atoms. The van der Waals surface area contributed by atoms with Crippen molar-refractivity contribution in [2.45, 2.75) is 57.0 Å². The number of benzene rings is 1. The van der Waals surface area contributed by atoms with E-state index in [0.717, 1.165) is 30.3 Å². The maximum Gasteiger partial charge on any atom is 0.185 e. The summed E-state index contributed by atoms with van der Waals surface area (Å²) in [4.78, 5) is 21.1. The van der Waals surface area contributed by atoms with Gasteiger partial charge in [-0.25, -0.2) is 18.2 Å². The first-order chi connectivity index (χ1) is 16.6. The Morgan fingerprint density at radius 3 is 2.54 bits per heavy atom. The third kappa shape index (κ3) is 4.84. The Balaban J connectivity index is 1.63. The van der Waals surface area contributed by atoms with Crippen LogP contribution in [0.4, 0.5) is 13.2 Å². The average molecular weight is 486 g/mol. The molecular weight excluding hydrogens is 461 g/mol. The number of nitrogens with zero attached hydrogens (tertiary/aromatic N) is 2. The molecule has 0 amide bonds. The minimum Gasteiger partial charge on any atom is -0.390 e. The molecule has 6 nitrogen and oxygen atoms in total. The van der Waals surface area contributed by atoms with Crippen LogP contribution in [0.25, 0.3) is 11.3 Å². The maximum atomic E-state index is 14.4. The summed E-state index contributed by atoms with van der Waals surface area (Å²) in [6, 6.07) is 6.88. The van der Waals surface area contributed by atoms with Gasteiger partial charge in [-0.05, 0) is 54.8 Å². The molecule has 1 saturated heterocycles. The molecule has 184 valence electrons. The summed E-state index contributed by atoms with van der Waals surface area (Å²) in [5.74, 6) is -3.47. The quantitative estimate of drug-likeness (QED) is 0.504. The van der Waals surface area contributed by atoms with E-state index in [2.05, 4.69) is 9.97 Å². The van der Waals surface area contributed by atoms with Crippen LogP contribution in [-0.2, 0) is 11.2 Å². The minimum atomic E-state index is -1.41. The lowest BCUT2D eigenvalue weighted by molar-refractivity contribution is -0.222. The number of pyridine rings is 2. The van der Waals surface area contributed by atoms with Crippen molar-refractivity contribution in [3.8, 4) is 11.3 Å². The Morgan fingerprint density at radius 1 is 1.14 bits per heavy atom. The second kappa shape index (κ2) is 9.85. The molecule has 0 spiro atoms. The van der Waals surface area contributed by atoms with Crippen molar-refractivity contribution in [1.29, 1.82) is 0 Å². The number of hydrogen-bond donors (Lipinski definition) is 2. The van der Waals surface area contributed by atoms with Gasteiger partial charge in [-0.15, -0.1) is 0 Å². The highest BCUT2D eigenvalue weighted by atomic mass is 19.1. The zero-order valence-electron chi connectivity index (χ0n) is 19.2. The van der Waals surface area contributed by atoms with Gasteiger partial charge in [-0.2, -0.15) is 0 Å². The van der Waals surface area contributed by atoms with E-state index in [4.69, 9.17) is 4.74 Å². The number of carbonyl (C=O) groups excluding carboxylic acids is 1. The second-order valence-corrected chi connectivity index (χ2v) is 8.80. The fourth-order valence-electron chi connectivity index (χ4n) is 4.42. The number of ether oxygens (including phenoxy) is 1. The normalized spacial score (nSPS) is 24.4. The van der Waals surface area contributed by atoms with Crippen LogP contribution >= 0.6 is 0 Å². The van der Waals surface area contributed by atoms with Crippen molar-refractivity contribution < 1.29 is 32.9 Å². The Labute approximate surface area is 200 Å². The van der Waals surface area contributed by atoms with Gasteiger partial charge >= 0.3 is 0 Å². The lowest BCUT2D eigenvalue weighted by Gasteiger charge is -2.44. The van der Waals surface area contributed by atoms with Crippen molar-refractivity contribution >= 4 is 5.78 Å². The van der Waals surface area contributed by atoms with E-state index < -0.39 is 58.4 Å². The highest BCUT2D eigenvalue weighted by Crippen LogP contribution is 2.39. The zero-order valence-corrected chi connectivity index (χ0v) is 19.2. The van der Waals surface area contributed by atoms with E-state index in [-0.39, 0.29) is 18.5 Å². The molecule has 9 heteroatoms. The largest absolute Gasteiger partial charge is 0.390 e. The molecule has 0 unspecified atom stereocenters. The number of hydrogen-bond acceptors (Lipinski definition) is 6. The summed E-state index contributed by atoms with van der Waals surface area (Å²) >= 11 is 0. The lowest BCUT2D eigenvalue weighted by Crippen LogP contribution is -2.55. The van der Waals surface area contributed by atoms with Crippen LogP contribution in [0.5, 0.6) is 0 Å². The predicted molar refractivity (Wildman–Crippen MR) is 121 cm³/mol. The molecule has 2 N–H and O–H groups in total. The van der Waals surface area contributed by atoms with Gasteiger partial charge in [0.15, 0.2) is 5.78 Å². The predicted octanol–water partition coefficient (Wildman–Crippen LogP) is 4.34. The molecule has 2 aromatic heterocycles. The summed E-state index contributed by atoms with van der Waals surface area (Å²) < 4.78 is 48.9. The highest BCUT2D eigenvalue weighted by molar-refractivity contribution is 5.96. The van der Waals surface area contributed by atoms with E-state index in [1.807, 2.05) is 6.92 Å². The molecule has 1 fully saturated rings. The monoisotopic (exact) mass is 486 g/mol. The molecule has 4 rings (SSSR count). The fourth-order valence-corrected chi connectivity index (χ4v) is 4.42. The summed E-state index contributed by atoms with van der Waals surface area (Å²) in [5.41, 5.74) is -1.71. The standard InChI is InChI=1S/C26H25F3N2O4/c1-3-23-26(2,34)22(33)12-21(35-23)15-9-10-30-13-14(15)11-20(32)19-8-7-18(29)25(31-19)24-16(27)5-4-6-17(24)28/h4-10,13,21-23,33-34H,3,11-12H2,1-2H3/t21-,22-,23-,26+/m1/s1. The Morgan fingerprint density at radius 2 is 1.86 bits per heavy atom. The molecule has 1 aliphatic heterocycles. The molecule has 1 aromatic carbocycles. The highest BCUT2D eigenvalue weighted by Gasteiger charge is 2.46. The van der Waals surface area contributed by atoms with Gasteiger partial charge < -0.3 is 14.9 Å². The van der Waals surface area contributed by atoms with Gasteiger partial charge in [0, 0.05) is 25.2 Å². The molecular formula is C26H25F3N2O4. The first-order valence-corrected chi connectivity index (χ1v) is 11.3. The molecule has 0 radical (unpaired) electrons. The molecule has 4 atom stereocenters. The molecule has 0 aliphatic carbocycles. The van der Waals surface area contributed by atoms with Crippen molar-refractivity contribution in [2.75, 3.05) is 0 Å². The zero-order chi connectivity index (χ0) is 25.3. The Hall–Kier alpha value is -3.14. The third-order valence-electron chi connectivity index (χ3n) is 6.43. The van der Waals surface area contributed by atoms with Crippen LogP contribution in [0, 0.1) is 17.5 Å². The number of carbonyl (C=O) groups is 1. The van der Waals surface area contributed by atoms with Crippen molar-refractivity contribution in [3.63, 3.8) is 0 Å². The topological polar surface area (TPSA) is 92.5 Å². The second-order valence-electron chi connectivity index (χ2n) is 8.80. The van der Waals surface area contributed by atoms with Crippen LogP contribution in [0.1, 0.15) is 54.4 Å². The van der Waals surface area contributed by atoms with Crippen molar-refractivity contribution in [2.24, 2.45) is 0 Å². The number of aromatic nitrogens is 2. The van der Waals surface area contributed by atoms with Gasteiger partial charge in [-0.1, -0.05) is 13.0 Å². The lowest BCUT2D eigenvalue weighted by atomic mass is 9.82. The number of halogens is 3. The van der Waals surface area contributed by atoms with E-state index in [1.54, 1.807) is 6.07 Å². The van der Waals surface area contributed by atoms with Crippen LogP contribution in [0.2, 0.25) is 0 Å². The van der Waals surface area contributed by atoms with Crippen molar-refractivity contribution in [3.05, 3.63) is 83.1 Å². The van der Waals surface area contributed by atoms with Gasteiger partial charge in [0.1, 0.15) is 34.4 Å². The molecule has 3 heterocycles. The number of Topliss-reactive ketones (excluding diaryl/α,β-unsaturated/α-hetero) is 1. The van der Waals surface area contributed by atoms with Gasteiger partial charge in [0.25, 0.3) is 0 Å². The summed E-state index contributed by atoms with van der Waals surface area (Å²) in [6.45, 7) is 3.36. The van der Waals surface area contributed by atoms with E-state index in [1.165, 1.54) is 19.3 Å². The maximum absolute atomic E-state index is 14.4. The summed E-state index contributed by atoms with van der Waals surface area (Å²) in [5, 5.41) is 21.1. The number of aliphatic hydroxyl groups is 2. The van der Waals surface area contributed by atoms with Gasteiger partial charge in [-0.3, -0.25) is 9.78 Å². The van der Waals surface area contributed by atoms with Crippen LogP contribution in [-0.4, -0.2) is 43.8 Å². The number of rotatable bonds is 6. The van der Waals surface area contributed by atoms with Crippen molar-refractivity contribution in [1.82, 2.24) is 9.97 Å². The molecule has 1 aliphatic rings. The van der Waals surface area contributed by atoms with Crippen LogP contribution in [0.15, 0.2) is 48.8 Å². The van der Waals surface area contributed by atoms with Crippen LogP contribution < -0.4 is 0 Å². The van der Waals surface area contributed by atoms with Gasteiger partial charge in [0.05, 0.1) is 23.9 Å². The van der Waals surface area contributed by atoms with Gasteiger partial charge in [0.2, 0.25) is 0 Å². The first kappa shape index (κ1) is 25.0. The Bertz CT molecular complexity index is 1230. The number of ketones is 1. The first-order valence-electron chi connectivity index (χ1n) is 11.3. The summed E-state index contributed by atoms with van der Waals surface area (Å²) in [7, 11) is 0. The summed E-state index contributed by atoms with van der Waals surface area (Å²) in [6.07, 6.45) is 1.15. The smallest absolute Gasteiger partial charge is 0.185 e. The van der Waals surface area contributed by atoms with E-state index >= 15 is 0 Å². The third-order valence-corrected chi connectivity index (χ3v) is 6.43.